The maximum Gasteiger partial charge on any atom is 0.0348 e. The second-order valence-corrected chi connectivity index (χ2v) is 9.38. The molecule has 0 amide bonds. The van der Waals surface area contributed by atoms with Gasteiger partial charge in [-0.1, -0.05) is 109 Å². The van der Waals surface area contributed by atoms with E-state index in [1.54, 1.807) is 15.8 Å². The molecule has 0 aliphatic heterocycles. The largest absolute Gasteiger partial charge is 0.140 e. The molecule has 0 bridgehead atoms. The van der Waals surface area contributed by atoms with Crippen molar-refractivity contribution in [3.63, 3.8) is 0 Å². The van der Waals surface area contributed by atoms with Crippen molar-refractivity contribution in [1.29, 1.82) is 0 Å². The zero-order valence-electron chi connectivity index (χ0n) is 18.0. The molecule has 0 N–H and O–H groups in total. The van der Waals surface area contributed by atoms with E-state index in [4.69, 9.17) is 0 Å². The predicted molar refractivity (Wildman–Crippen MR) is 125 cm³/mol. The molecule has 27 heavy (non-hydrogen) atoms. The molecule has 0 fully saturated rings. The highest BCUT2D eigenvalue weighted by molar-refractivity contribution is 7.19. The lowest BCUT2D eigenvalue weighted by atomic mass is 9.99. The van der Waals surface area contributed by atoms with Gasteiger partial charge < -0.3 is 0 Å². The van der Waals surface area contributed by atoms with Crippen LogP contribution < -0.4 is 0 Å². The molecule has 0 aliphatic carbocycles. The molecule has 1 aromatic heterocycles. The van der Waals surface area contributed by atoms with Gasteiger partial charge in [0.1, 0.15) is 0 Å². The Morgan fingerprint density at radius 2 is 1.11 bits per heavy atom. The Morgan fingerprint density at radius 3 is 1.74 bits per heavy atom. The number of unbranched alkanes of at least 4 members (excludes halogenated alkanes) is 12. The molecule has 152 valence electrons. The Morgan fingerprint density at radius 1 is 0.593 bits per heavy atom. The van der Waals surface area contributed by atoms with Gasteiger partial charge in [-0.2, -0.15) is 0 Å². The zero-order chi connectivity index (χ0) is 19.2. The smallest absolute Gasteiger partial charge is 0.0348 e. The molecule has 0 saturated carbocycles. The van der Waals surface area contributed by atoms with Crippen LogP contribution in [-0.4, -0.2) is 0 Å². The Hall–Kier alpha value is -0.820. The fraction of sp³-hybridized carbons (Fsp3) is 0.692. The summed E-state index contributed by atoms with van der Waals surface area (Å²) in [6, 6.07) is 9.10. The van der Waals surface area contributed by atoms with Gasteiger partial charge in [0.05, 0.1) is 0 Å². The van der Waals surface area contributed by atoms with E-state index in [2.05, 4.69) is 49.4 Å². The molecular formula is C26H42S. The first-order chi connectivity index (χ1) is 13.4. The SMILES string of the molecule is CCCCCCCCCc1sc2ccccc2c1CCCCCCCCC. The first-order valence-corrected chi connectivity index (χ1v) is 12.7. The molecule has 0 atom stereocenters. The first-order valence-electron chi connectivity index (χ1n) is 11.9. The van der Waals surface area contributed by atoms with Crippen LogP contribution in [0.5, 0.6) is 0 Å². The standard InChI is InChI=1S/C26H42S/c1-3-5-7-9-11-13-15-19-23-24-20-17-18-22-26(24)27-25(23)21-16-14-12-10-8-6-4-2/h17-18,20,22H,3-16,19,21H2,1-2H3. The summed E-state index contributed by atoms with van der Waals surface area (Å²) in [6.07, 6.45) is 22.3. The molecule has 0 unspecified atom stereocenters. The lowest BCUT2D eigenvalue weighted by Crippen LogP contribution is -1.92. The Balaban J connectivity index is 1.79. The molecule has 2 aromatic rings. The lowest BCUT2D eigenvalue weighted by Gasteiger charge is -2.06. The van der Waals surface area contributed by atoms with Crippen molar-refractivity contribution in [1.82, 2.24) is 0 Å². The second kappa shape index (κ2) is 14.2. The summed E-state index contributed by atoms with van der Waals surface area (Å²) >= 11 is 2.07. The maximum atomic E-state index is 2.36. The molecule has 0 radical (unpaired) electrons. The molecular weight excluding hydrogens is 344 g/mol. The third-order valence-electron chi connectivity index (χ3n) is 5.82. The van der Waals surface area contributed by atoms with E-state index in [1.807, 2.05) is 0 Å². The highest BCUT2D eigenvalue weighted by Crippen LogP contribution is 2.33. The van der Waals surface area contributed by atoms with Crippen LogP contribution in [0.25, 0.3) is 10.1 Å². The Labute approximate surface area is 172 Å². The third-order valence-corrected chi connectivity index (χ3v) is 7.09. The number of rotatable bonds is 16. The van der Waals surface area contributed by atoms with E-state index in [9.17, 15) is 0 Å². The molecule has 1 aromatic carbocycles. The van der Waals surface area contributed by atoms with Gasteiger partial charge in [0.2, 0.25) is 0 Å². The number of benzene rings is 1. The number of aryl methyl sites for hydroxylation is 2. The molecule has 0 aliphatic rings. The number of hydrogen-bond acceptors (Lipinski definition) is 1. The van der Waals surface area contributed by atoms with Crippen molar-refractivity contribution in [2.24, 2.45) is 0 Å². The maximum absolute atomic E-state index is 2.36. The van der Waals surface area contributed by atoms with E-state index in [0.717, 1.165) is 0 Å². The van der Waals surface area contributed by atoms with Gasteiger partial charge in [-0.15, -0.1) is 11.3 Å². The quantitative estimate of drug-likeness (QED) is 0.252. The van der Waals surface area contributed by atoms with E-state index >= 15 is 0 Å². The molecule has 0 saturated heterocycles. The fourth-order valence-electron chi connectivity index (χ4n) is 4.13. The van der Waals surface area contributed by atoms with E-state index < -0.39 is 0 Å². The highest BCUT2D eigenvalue weighted by Gasteiger charge is 2.11. The molecule has 1 heterocycles. The van der Waals surface area contributed by atoms with Gasteiger partial charge >= 0.3 is 0 Å². The van der Waals surface area contributed by atoms with Crippen LogP contribution in [0.2, 0.25) is 0 Å². The average Bonchev–Trinajstić information content (AvgIpc) is 3.04. The first kappa shape index (κ1) is 22.5. The predicted octanol–water partition coefficient (Wildman–Crippen LogP) is 9.49. The van der Waals surface area contributed by atoms with Crippen LogP contribution >= 0.6 is 11.3 Å². The summed E-state index contributed by atoms with van der Waals surface area (Å²) in [7, 11) is 0. The van der Waals surface area contributed by atoms with Crippen molar-refractivity contribution in [3.05, 3.63) is 34.7 Å². The lowest BCUT2D eigenvalue weighted by molar-refractivity contribution is 0.585. The Kier molecular flexibility index (Phi) is 11.8. The van der Waals surface area contributed by atoms with Crippen molar-refractivity contribution in [2.45, 2.75) is 117 Å². The average molecular weight is 387 g/mol. The minimum atomic E-state index is 1.30. The van der Waals surface area contributed by atoms with Gasteiger partial charge in [0.15, 0.2) is 0 Å². The minimum absolute atomic E-state index is 1.30. The van der Waals surface area contributed by atoms with Gasteiger partial charge in [0.25, 0.3) is 0 Å². The van der Waals surface area contributed by atoms with Gasteiger partial charge in [-0.25, -0.2) is 0 Å². The van der Waals surface area contributed by atoms with Gasteiger partial charge in [-0.05, 0) is 42.7 Å². The van der Waals surface area contributed by atoms with Crippen LogP contribution in [0.1, 0.15) is 114 Å². The van der Waals surface area contributed by atoms with Crippen LogP contribution in [0, 0.1) is 0 Å². The fourth-order valence-corrected chi connectivity index (χ4v) is 5.42. The van der Waals surface area contributed by atoms with Crippen molar-refractivity contribution >= 4 is 21.4 Å². The van der Waals surface area contributed by atoms with Crippen molar-refractivity contribution in [2.75, 3.05) is 0 Å². The van der Waals surface area contributed by atoms with Crippen LogP contribution in [-0.2, 0) is 12.8 Å². The van der Waals surface area contributed by atoms with Crippen LogP contribution in [0.15, 0.2) is 24.3 Å². The van der Waals surface area contributed by atoms with E-state index in [1.165, 1.54) is 107 Å². The van der Waals surface area contributed by atoms with Crippen LogP contribution in [0.4, 0.5) is 0 Å². The number of hydrogen-bond donors (Lipinski definition) is 0. The van der Waals surface area contributed by atoms with Gasteiger partial charge in [-0.3, -0.25) is 0 Å². The topological polar surface area (TPSA) is 0 Å². The number of fused-ring (bicyclic) bond motifs is 1. The van der Waals surface area contributed by atoms with E-state index in [-0.39, 0.29) is 0 Å². The zero-order valence-corrected chi connectivity index (χ0v) is 18.8. The molecule has 2 rings (SSSR count). The summed E-state index contributed by atoms with van der Waals surface area (Å²) in [6.45, 7) is 4.60. The molecule has 0 nitrogen and oxygen atoms in total. The Bertz CT molecular complexity index is 610. The minimum Gasteiger partial charge on any atom is -0.140 e. The molecule has 1 heteroatoms. The van der Waals surface area contributed by atoms with Crippen molar-refractivity contribution in [3.8, 4) is 0 Å². The van der Waals surface area contributed by atoms with Gasteiger partial charge in [0, 0.05) is 9.58 Å². The second-order valence-electron chi connectivity index (χ2n) is 8.24. The monoisotopic (exact) mass is 386 g/mol. The summed E-state index contributed by atoms with van der Waals surface area (Å²) in [5, 5.41) is 1.55. The van der Waals surface area contributed by atoms with Crippen molar-refractivity contribution < 1.29 is 0 Å². The van der Waals surface area contributed by atoms with E-state index in [0.29, 0.717) is 0 Å². The summed E-state index contributed by atoms with van der Waals surface area (Å²) in [5.41, 5.74) is 1.69. The number of thiophene rings is 1. The summed E-state index contributed by atoms with van der Waals surface area (Å²) < 4.78 is 1.51. The third kappa shape index (κ3) is 8.38. The summed E-state index contributed by atoms with van der Waals surface area (Å²) in [5.74, 6) is 0. The van der Waals surface area contributed by atoms with Crippen LogP contribution in [0.3, 0.4) is 0 Å². The highest BCUT2D eigenvalue weighted by atomic mass is 32.1. The normalized spacial score (nSPS) is 11.5. The molecule has 0 spiro atoms. The summed E-state index contributed by atoms with van der Waals surface area (Å²) in [4.78, 5) is 1.69.